The lowest BCUT2D eigenvalue weighted by Crippen LogP contribution is -2.05. The Hall–Kier alpha value is -0.100. The molecule has 0 bridgehead atoms. The van der Waals surface area contributed by atoms with Crippen LogP contribution in [0.15, 0.2) is 18.2 Å². The third-order valence-corrected chi connectivity index (χ3v) is 6.05. The Morgan fingerprint density at radius 3 is 2.24 bits per heavy atom. The molecule has 21 heavy (non-hydrogen) atoms. The zero-order valence-electron chi connectivity index (χ0n) is 11.0. The summed E-state index contributed by atoms with van der Waals surface area (Å²) in [6, 6.07) is 5.38. The molecule has 0 saturated heterocycles. The van der Waals surface area contributed by atoms with E-state index in [2.05, 4.69) is 27.6 Å². The van der Waals surface area contributed by atoms with Crippen LogP contribution < -0.4 is 0 Å². The van der Waals surface area contributed by atoms with E-state index in [0.29, 0.717) is 32.5 Å². The van der Waals surface area contributed by atoms with Crippen LogP contribution in [-0.4, -0.2) is 9.97 Å². The quantitative estimate of drug-likeness (QED) is 0.390. The van der Waals surface area contributed by atoms with Crippen LogP contribution in [0, 0.1) is 3.57 Å². The SMILES string of the molecule is Clc1cccc(Cl)c1-c1nc(Cl)c(I)c(C2CCCC2)n1. The summed E-state index contributed by atoms with van der Waals surface area (Å²) in [6.45, 7) is 0. The smallest absolute Gasteiger partial charge is 0.164 e. The summed E-state index contributed by atoms with van der Waals surface area (Å²) in [6.07, 6.45) is 4.78. The molecular formula is C15H12Cl3IN2. The summed E-state index contributed by atoms with van der Waals surface area (Å²) in [4.78, 5) is 9.11. The summed E-state index contributed by atoms with van der Waals surface area (Å²) in [7, 11) is 0. The minimum atomic E-state index is 0.456. The van der Waals surface area contributed by atoms with E-state index in [4.69, 9.17) is 39.8 Å². The van der Waals surface area contributed by atoms with Crippen LogP contribution in [0.2, 0.25) is 15.2 Å². The van der Waals surface area contributed by atoms with Gasteiger partial charge in [0.15, 0.2) is 5.82 Å². The van der Waals surface area contributed by atoms with Crippen molar-refractivity contribution < 1.29 is 0 Å². The summed E-state index contributed by atoms with van der Waals surface area (Å²) in [5.74, 6) is 0.968. The molecule has 1 saturated carbocycles. The number of halogens is 4. The highest BCUT2D eigenvalue weighted by Crippen LogP contribution is 2.39. The first-order valence-corrected chi connectivity index (χ1v) is 8.96. The summed E-state index contributed by atoms with van der Waals surface area (Å²) >= 11 is 21.0. The molecule has 110 valence electrons. The van der Waals surface area contributed by atoms with Gasteiger partial charge in [-0.1, -0.05) is 53.7 Å². The first kappa shape index (κ1) is 15.8. The van der Waals surface area contributed by atoms with Crippen molar-refractivity contribution in [1.29, 1.82) is 0 Å². The van der Waals surface area contributed by atoms with Gasteiger partial charge in [0.1, 0.15) is 5.15 Å². The third-order valence-electron chi connectivity index (χ3n) is 3.76. The van der Waals surface area contributed by atoms with Crippen LogP contribution in [-0.2, 0) is 0 Å². The highest BCUT2D eigenvalue weighted by atomic mass is 127. The summed E-state index contributed by atoms with van der Waals surface area (Å²) in [5, 5.41) is 1.55. The first-order valence-electron chi connectivity index (χ1n) is 6.75. The van der Waals surface area contributed by atoms with Gasteiger partial charge in [-0.05, 0) is 47.6 Å². The van der Waals surface area contributed by atoms with Crippen LogP contribution >= 0.6 is 57.4 Å². The van der Waals surface area contributed by atoms with Gasteiger partial charge in [-0.2, -0.15) is 0 Å². The van der Waals surface area contributed by atoms with Gasteiger partial charge in [0, 0.05) is 5.92 Å². The fourth-order valence-corrected chi connectivity index (χ4v) is 4.15. The number of benzene rings is 1. The van der Waals surface area contributed by atoms with E-state index in [1.54, 1.807) is 18.2 Å². The normalized spacial score (nSPS) is 15.6. The Bertz CT molecular complexity index is 665. The molecule has 0 aliphatic heterocycles. The maximum absolute atomic E-state index is 6.31. The molecule has 1 aliphatic rings. The Labute approximate surface area is 152 Å². The van der Waals surface area contributed by atoms with Gasteiger partial charge >= 0.3 is 0 Å². The van der Waals surface area contributed by atoms with Crippen LogP contribution in [0.4, 0.5) is 0 Å². The highest BCUT2D eigenvalue weighted by molar-refractivity contribution is 14.1. The van der Waals surface area contributed by atoms with Crippen LogP contribution in [0.25, 0.3) is 11.4 Å². The molecule has 0 spiro atoms. The van der Waals surface area contributed by atoms with E-state index in [1.165, 1.54) is 12.8 Å². The monoisotopic (exact) mass is 452 g/mol. The molecule has 1 fully saturated rings. The maximum Gasteiger partial charge on any atom is 0.164 e. The molecule has 1 heterocycles. The number of hydrogen-bond acceptors (Lipinski definition) is 2. The zero-order valence-corrected chi connectivity index (χ0v) is 15.5. The molecule has 0 N–H and O–H groups in total. The Morgan fingerprint density at radius 2 is 1.62 bits per heavy atom. The average molecular weight is 454 g/mol. The average Bonchev–Trinajstić information content (AvgIpc) is 2.96. The van der Waals surface area contributed by atoms with Gasteiger partial charge in [0.05, 0.1) is 24.9 Å². The molecule has 0 amide bonds. The van der Waals surface area contributed by atoms with Gasteiger partial charge < -0.3 is 0 Å². The van der Waals surface area contributed by atoms with Crippen molar-refractivity contribution in [2.75, 3.05) is 0 Å². The third kappa shape index (κ3) is 3.16. The van der Waals surface area contributed by atoms with E-state index < -0.39 is 0 Å². The maximum atomic E-state index is 6.31. The molecule has 1 aromatic heterocycles. The van der Waals surface area contributed by atoms with E-state index in [1.807, 2.05) is 0 Å². The molecule has 2 aromatic rings. The lowest BCUT2D eigenvalue weighted by atomic mass is 10.0. The Morgan fingerprint density at radius 1 is 1.00 bits per heavy atom. The van der Waals surface area contributed by atoms with Gasteiger partial charge in [-0.3, -0.25) is 0 Å². The van der Waals surface area contributed by atoms with Crippen LogP contribution in [0.5, 0.6) is 0 Å². The van der Waals surface area contributed by atoms with E-state index in [-0.39, 0.29) is 0 Å². The van der Waals surface area contributed by atoms with Gasteiger partial charge in [-0.25, -0.2) is 9.97 Å². The van der Waals surface area contributed by atoms with Gasteiger partial charge in [0.2, 0.25) is 0 Å². The van der Waals surface area contributed by atoms with E-state index in [0.717, 1.165) is 22.1 Å². The minimum absolute atomic E-state index is 0.456. The minimum Gasteiger partial charge on any atom is -0.231 e. The number of rotatable bonds is 2. The lowest BCUT2D eigenvalue weighted by molar-refractivity contribution is 0.690. The second kappa shape index (κ2) is 6.57. The molecule has 6 heteroatoms. The van der Waals surface area contributed by atoms with Crippen molar-refractivity contribution in [3.8, 4) is 11.4 Å². The number of nitrogens with zero attached hydrogens (tertiary/aromatic N) is 2. The molecule has 1 aliphatic carbocycles. The van der Waals surface area contributed by atoms with Crippen molar-refractivity contribution in [2.45, 2.75) is 31.6 Å². The van der Waals surface area contributed by atoms with Crippen molar-refractivity contribution in [3.05, 3.63) is 42.7 Å². The highest BCUT2D eigenvalue weighted by Gasteiger charge is 2.24. The van der Waals surface area contributed by atoms with Crippen molar-refractivity contribution in [2.24, 2.45) is 0 Å². The fourth-order valence-electron chi connectivity index (χ4n) is 2.73. The van der Waals surface area contributed by atoms with Gasteiger partial charge in [0.25, 0.3) is 0 Å². The molecule has 3 rings (SSSR count). The van der Waals surface area contributed by atoms with E-state index in [9.17, 15) is 0 Å². The Balaban J connectivity index is 2.16. The van der Waals surface area contributed by atoms with Crippen LogP contribution in [0.1, 0.15) is 37.3 Å². The van der Waals surface area contributed by atoms with E-state index >= 15 is 0 Å². The second-order valence-corrected chi connectivity index (χ2v) is 7.37. The van der Waals surface area contributed by atoms with Crippen LogP contribution in [0.3, 0.4) is 0 Å². The molecule has 2 nitrogen and oxygen atoms in total. The molecule has 0 atom stereocenters. The molecular weight excluding hydrogens is 441 g/mol. The van der Waals surface area contributed by atoms with Gasteiger partial charge in [-0.15, -0.1) is 0 Å². The topological polar surface area (TPSA) is 25.8 Å². The summed E-state index contributed by atoms with van der Waals surface area (Å²) < 4.78 is 0.938. The number of aromatic nitrogens is 2. The molecule has 0 unspecified atom stereocenters. The Kier molecular flexibility index (Phi) is 4.94. The molecule has 0 radical (unpaired) electrons. The predicted octanol–water partition coefficient (Wildman–Crippen LogP) is 6.37. The van der Waals surface area contributed by atoms with Crippen molar-refractivity contribution in [1.82, 2.24) is 9.97 Å². The first-order chi connectivity index (χ1) is 10.1. The summed E-state index contributed by atoms with van der Waals surface area (Å²) in [5.41, 5.74) is 1.68. The fraction of sp³-hybridized carbons (Fsp3) is 0.333. The predicted molar refractivity (Wildman–Crippen MR) is 96.4 cm³/mol. The lowest BCUT2D eigenvalue weighted by Gasteiger charge is -2.14. The largest absolute Gasteiger partial charge is 0.231 e. The number of hydrogen-bond donors (Lipinski definition) is 0. The second-order valence-electron chi connectivity index (χ2n) is 5.12. The standard InChI is InChI=1S/C15H12Cl3IN2/c16-9-6-3-7-10(17)11(9)15-20-13(8-4-1-2-5-8)12(19)14(18)21-15/h3,6-8H,1-2,4-5H2. The zero-order chi connectivity index (χ0) is 15.0. The molecule has 1 aromatic carbocycles. The van der Waals surface area contributed by atoms with Crippen molar-refractivity contribution in [3.63, 3.8) is 0 Å². The van der Waals surface area contributed by atoms with Crippen molar-refractivity contribution >= 4 is 57.4 Å².